The van der Waals surface area contributed by atoms with Crippen molar-refractivity contribution in [3.8, 4) is 0 Å². The van der Waals surface area contributed by atoms with Crippen LogP contribution in [0.4, 0.5) is 5.13 Å². The molecule has 5 heteroatoms. The van der Waals surface area contributed by atoms with Gasteiger partial charge in [0.25, 0.3) is 0 Å². The van der Waals surface area contributed by atoms with Crippen molar-refractivity contribution in [3.05, 3.63) is 17.2 Å². The summed E-state index contributed by atoms with van der Waals surface area (Å²) < 4.78 is 5.26. The van der Waals surface area contributed by atoms with Crippen molar-refractivity contribution in [2.75, 3.05) is 12.3 Å². The van der Waals surface area contributed by atoms with E-state index in [-0.39, 0.29) is 5.97 Å². The van der Waals surface area contributed by atoms with Gasteiger partial charge in [0, 0.05) is 5.38 Å². The fourth-order valence-electron chi connectivity index (χ4n) is 1.54. The molecule has 0 saturated carbocycles. The first-order valence-corrected chi connectivity index (χ1v) is 7.65. The topological polar surface area (TPSA) is 65.2 Å². The van der Waals surface area contributed by atoms with Gasteiger partial charge in [-0.1, -0.05) is 39.2 Å². The van der Waals surface area contributed by atoms with Crippen LogP contribution in [0.5, 0.6) is 0 Å². The molecule has 0 atom stereocenters. The Morgan fingerprint density at radius 1 is 1.42 bits per heavy atom. The molecule has 2 N–H and O–H groups in total. The Morgan fingerprint density at radius 3 is 2.74 bits per heavy atom. The lowest BCUT2D eigenvalue weighted by Crippen LogP contribution is -2.09. The normalized spacial score (nSPS) is 11.6. The second-order valence-electron chi connectivity index (χ2n) is 4.32. The highest BCUT2D eigenvalue weighted by Crippen LogP contribution is 2.21. The number of esters is 1. The SMILES string of the molecule is CCCCC=C(C(=O)OCCCC)c1csc(N)n1. The molecule has 0 aliphatic heterocycles. The Bertz CT molecular complexity index is 427. The molecule has 1 aromatic heterocycles. The van der Waals surface area contributed by atoms with Gasteiger partial charge < -0.3 is 10.5 Å². The van der Waals surface area contributed by atoms with Crippen molar-refractivity contribution in [2.24, 2.45) is 0 Å². The van der Waals surface area contributed by atoms with Crippen LogP contribution in [0.2, 0.25) is 0 Å². The lowest BCUT2D eigenvalue weighted by atomic mass is 10.1. The van der Waals surface area contributed by atoms with E-state index in [1.807, 2.05) is 6.08 Å². The van der Waals surface area contributed by atoms with Crippen molar-refractivity contribution in [1.82, 2.24) is 4.98 Å². The number of rotatable bonds is 8. The average Bonchev–Trinajstić information content (AvgIpc) is 2.81. The second-order valence-corrected chi connectivity index (χ2v) is 5.21. The first-order valence-electron chi connectivity index (χ1n) is 6.77. The van der Waals surface area contributed by atoms with E-state index in [9.17, 15) is 4.79 Å². The number of nitrogens with zero attached hydrogens (tertiary/aromatic N) is 1. The molecule has 0 unspecified atom stereocenters. The fourth-order valence-corrected chi connectivity index (χ4v) is 2.10. The summed E-state index contributed by atoms with van der Waals surface area (Å²) in [6, 6.07) is 0. The molecular weight excluding hydrogens is 260 g/mol. The van der Waals surface area contributed by atoms with Crippen LogP contribution in [0, 0.1) is 0 Å². The van der Waals surface area contributed by atoms with Gasteiger partial charge in [0.1, 0.15) is 0 Å². The summed E-state index contributed by atoms with van der Waals surface area (Å²) in [5.74, 6) is -0.296. The maximum Gasteiger partial charge on any atom is 0.340 e. The summed E-state index contributed by atoms with van der Waals surface area (Å²) in [7, 11) is 0. The fraction of sp³-hybridized carbons (Fsp3) is 0.571. The number of carbonyl (C=O) groups excluding carboxylic acids is 1. The van der Waals surface area contributed by atoms with Crippen molar-refractivity contribution in [1.29, 1.82) is 0 Å². The number of anilines is 1. The number of unbranched alkanes of at least 4 members (excludes halogenated alkanes) is 3. The summed E-state index contributed by atoms with van der Waals surface area (Å²) in [5.41, 5.74) is 6.79. The van der Waals surface area contributed by atoms with Crippen molar-refractivity contribution in [3.63, 3.8) is 0 Å². The molecule has 0 aliphatic rings. The number of hydrogen-bond acceptors (Lipinski definition) is 5. The summed E-state index contributed by atoms with van der Waals surface area (Å²) in [4.78, 5) is 16.2. The molecule has 1 heterocycles. The van der Waals surface area contributed by atoms with Crippen LogP contribution >= 0.6 is 11.3 Å². The highest BCUT2D eigenvalue weighted by molar-refractivity contribution is 7.13. The van der Waals surface area contributed by atoms with E-state index >= 15 is 0 Å². The molecule has 0 spiro atoms. The van der Waals surface area contributed by atoms with Crippen LogP contribution in [-0.4, -0.2) is 17.6 Å². The van der Waals surface area contributed by atoms with Gasteiger partial charge in [0.05, 0.1) is 17.9 Å². The number of allylic oxidation sites excluding steroid dienone is 1. The van der Waals surface area contributed by atoms with E-state index in [1.54, 1.807) is 5.38 Å². The number of ether oxygens (including phenoxy) is 1. The number of aromatic nitrogens is 1. The summed E-state index contributed by atoms with van der Waals surface area (Å²) in [5, 5.41) is 2.27. The van der Waals surface area contributed by atoms with Crippen LogP contribution in [-0.2, 0) is 9.53 Å². The van der Waals surface area contributed by atoms with E-state index < -0.39 is 0 Å². The predicted octanol–water partition coefficient (Wildman–Crippen LogP) is 3.64. The zero-order valence-electron chi connectivity index (χ0n) is 11.6. The minimum absolute atomic E-state index is 0.296. The third kappa shape index (κ3) is 5.42. The summed E-state index contributed by atoms with van der Waals surface area (Å²) in [6.07, 6.45) is 6.79. The van der Waals surface area contributed by atoms with E-state index in [4.69, 9.17) is 10.5 Å². The predicted molar refractivity (Wildman–Crippen MR) is 79.9 cm³/mol. The summed E-state index contributed by atoms with van der Waals surface area (Å²) >= 11 is 1.34. The van der Waals surface area contributed by atoms with Crippen LogP contribution in [0.3, 0.4) is 0 Å². The van der Waals surface area contributed by atoms with Crippen LogP contribution in [0.15, 0.2) is 11.5 Å². The molecule has 106 valence electrons. The summed E-state index contributed by atoms with van der Waals surface area (Å²) in [6.45, 7) is 4.64. The van der Waals surface area contributed by atoms with Gasteiger partial charge in [-0.15, -0.1) is 11.3 Å². The van der Waals surface area contributed by atoms with Crippen LogP contribution in [0.1, 0.15) is 51.6 Å². The van der Waals surface area contributed by atoms with Gasteiger partial charge in [-0.25, -0.2) is 9.78 Å². The molecule has 1 rings (SSSR count). The van der Waals surface area contributed by atoms with E-state index in [0.717, 1.165) is 32.1 Å². The molecular formula is C14H22N2O2S. The number of hydrogen-bond donors (Lipinski definition) is 1. The lowest BCUT2D eigenvalue weighted by Gasteiger charge is -2.06. The van der Waals surface area contributed by atoms with Crippen molar-refractivity contribution < 1.29 is 9.53 Å². The van der Waals surface area contributed by atoms with Crippen molar-refractivity contribution >= 4 is 28.0 Å². The molecule has 4 nitrogen and oxygen atoms in total. The maximum atomic E-state index is 12.1. The Morgan fingerprint density at radius 2 is 2.16 bits per heavy atom. The van der Waals surface area contributed by atoms with E-state index in [2.05, 4.69) is 18.8 Å². The first kappa shape index (κ1) is 15.7. The molecule has 0 amide bonds. The Balaban J connectivity index is 2.74. The Kier molecular flexibility index (Phi) is 7.18. The quantitative estimate of drug-likeness (QED) is 0.449. The second kappa shape index (κ2) is 8.69. The standard InChI is InChI=1S/C14H22N2O2S/c1-3-5-7-8-11(12-10-19-14(15)16-12)13(17)18-9-6-4-2/h8,10H,3-7,9H2,1-2H3,(H2,15,16). The molecule has 1 aromatic rings. The smallest absolute Gasteiger partial charge is 0.340 e. The number of thiazole rings is 1. The highest BCUT2D eigenvalue weighted by atomic mass is 32.1. The third-order valence-corrected chi connectivity index (χ3v) is 3.33. The van der Waals surface area contributed by atoms with E-state index in [0.29, 0.717) is 23.0 Å². The molecule has 0 aliphatic carbocycles. The largest absolute Gasteiger partial charge is 0.462 e. The molecule has 0 aromatic carbocycles. The van der Waals surface area contributed by atoms with Gasteiger partial charge >= 0.3 is 5.97 Å². The third-order valence-electron chi connectivity index (χ3n) is 2.65. The first-order chi connectivity index (χ1) is 9.19. The maximum absolute atomic E-state index is 12.1. The molecule has 0 fully saturated rings. The number of carbonyl (C=O) groups is 1. The molecule has 0 radical (unpaired) electrons. The highest BCUT2D eigenvalue weighted by Gasteiger charge is 2.16. The van der Waals surface area contributed by atoms with Gasteiger partial charge in [-0.2, -0.15) is 0 Å². The monoisotopic (exact) mass is 282 g/mol. The van der Waals surface area contributed by atoms with Crippen molar-refractivity contribution in [2.45, 2.75) is 46.0 Å². The van der Waals surface area contributed by atoms with Crippen LogP contribution in [0.25, 0.3) is 5.57 Å². The van der Waals surface area contributed by atoms with Gasteiger partial charge in [-0.05, 0) is 12.8 Å². The number of nitrogens with two attached hydrogens (primary N) is 1. The molecule has 0 bridgehead atoms. The van der Waals surface area contributed by atoms with Gasteiger partial charge in [-0.3, -0.25) is 0 Å². The van der Waals surface area contributed by atoms with Crippen LogP contribution < -0.4 is 5.73 Å². The zero-order valence-corrected chi connectivity index (χ0v) is 12.5. The molecule has 0 saturated heterocycles. The minimum atomic E-state index is -0.296. The Hall–Kier alpha value is -1.36. The average molecular weight is 282 g/mol. The zero-order chi connectivity index (χ0) is 14.1. The molecule has 19 heavy (non-hydrogen) atoms. The number of nitrogen functional groups attached to an aromatic ring is 1. The van der Waals surface area contributed by atoms with E-state index in [1.165, 1.54) is 11.3 Å². The van der Waals surface area contributed by atoms with Gasteiger partial charge in [0.2, 0.25) is 0 Å². The van der Waals surface area contributed by atoms with Gasteiger partial charge in [0.15, 0.2) is 5.13 Å². The lowest BCUT2D eigenvalue weighted by molar-refractivity contribution is -0.136. The Labute approximate surface area is 118 Å². The minimum Gasteiger partial charge on any atom is -0.462 e.